The van der Waals surface area contributed by atoms with Crippen LogP contribution >= 0.6 is 11.3 Å². The molecule has 0 radical (unpaired) electrons. The predicted molar refractivity (Wildman–Crippen MR) is 102 cm³/mol. The number of carbonyl (C=O) groups excluding carboxylic acids is 2. The molecule has 1 aliphatic heterocycles. The third-order valence-corrected chi connectivity index (χ3v) is 5.51. The Morgan fingerprint density at radius 3 is 2.60 bits per heavy atom. The number of carbonyl (C=O) groups is 2. The van der Waals surface area contributed by atoms with Crippen LogP contribution in [0.25, 0.3) is 0 Å². The smallest absolute Gasteiger partial charge is 0.263 e. The van der Waals surface area contributed by atoms with Gasteiger partial charge in [0.25, 0.3) is 5.91 Å². The highest BCUT2D eigenvalue weighted by atomic mass is 32.1. The quantitative estimate of drug-likeness (QED) is 0.885. The van der Waals surface area contributed by atoms with Gasteiger partial charge in [-0.3, -0.25) is 9.59 Å². The normalized spacial score (nSPS) is 17.6. The number of likely N-dealkylation sites (tertiary alicyclic amines) is 1. The van der Waals surface area contributed by atoms with Gasteiger partial charge in [-0.15, -0.1) is 11.3 Å². The minimum Gasteiger partial charge on any atom is -0.337 e. The molecule has 5 heteroatoms. The summed E-state index contributed by atoms with van der Waals surface area (Å²) in [6.45, 7) is 5.51. The van der Waals surface area contributed by atoms with E-state index in [2.05, 4.69) is 19.2 Å². The molecule has 0 aliphatic carbocycles. The highest BCUT2D eigenvalue weighted by molar-refractivity contribution is 7.12. The lowest BCUT2D eigenvalue weighted by molar-refractivity contribution is -0.121. The van der Waals surface area contributed by atoms with Gasteiger partial charge in [0, 0.05) is 18.8 Å². The molecular formula is C20H24N2O2S. The molecule has 1 aromatic heterocycles. The van der Waals surface area contributed by atoms with Gasteiger partial charge >= 0.3 is 0 Å². The van der Waals surface area contributed by atoms with E-state index in [0.29, 0.717) is 12.5 Å². The zero-order chi connectivity index (χ0) is 17.8. The van der Waals surface area contributed by atoms with Crippen LogP contribution in [0.1, 0.15) is 47.8 Å². The minimum atomic E-state index is -0.151. The standard InChI is InChI=1S/C20H24N2O2S/c1-14(2)15-7-9-17(10-8-15)21-19(23)16-5-3-11-22(13-16)20(24)18-6-4-12-25-18/h4,6-10,12,14,16H,3,5,11,13H2,1-2H3,(H,21,23). The fraction of sp³-hybridized carbons (Fsp3) is 0.400. The van der Waals surface area contributed by atoms with Crippen molar-refractivity contribution in [1.82, 2.24) is 4.90 Å². The first-order valence-electron chi connectivity index (χ1n) is 8.78. The van der Waals surface area contributed by atoms with Crippen LogP contribution in [-0.2, 0) is 4.79 Å². The summed E-state index contributed by atoms with van der Waals surface area (Å²) in [4.78, 5) is 27.6. The molecule has 1 unspecified atom stereocenters. The Morgan fingerprint density at radius 2 is 1.96 bits per heavy atom. The number of thiophene rings is 1. The Labute approximate surface area is 152 Å². The number of hydrogen-bond donors (Lipinski definition) is 1. The number of hydrogen-bond acceptors (Lipinski definition) is 3. The number of nitrogens with zero attached hydrogens (tertiary/aromatic N) is 1. The van der Waals surface area contributed by atoms with Crippen molar-refractivity contribution in [2.24, 2.45) is 5.92 Å². The Hall–Kier alpha value is -2.14. The third-order valence-electron chi connectivity index (χ3n) is 4.66. The van der Waals surface area contributed by atoms with Gasteiger partial charge in [-0.2, -0.15) is 0 Å². The first-order chi connectivity index (χ1) is 12.0. The van der Waals surface area contributed by atoms with Crippen LogP contribution in [0, 0.1) is 5.92 Å². The zero-order valence-corrected chi connectivity index (χ0v) is 15.5. The molecule has 1 aliphatic rings. The maximum Gasteiger partial charge on any atom is 0.263 e. The molecule has 2 heterocycles. The number of nitrogens with one attached hydrogen (secondary N) is 1. The van der Waals surface area contributed by atoms with E-state index >= 15 is 0 Å². The van der Waals surface area contributed by atoms with E-state index in [-0.39, 0.29) is 17.7 Å². The van der Waals surface area contributed by atoms with Crippen LogP contribution in [-0.4, -0.2) is 29.8 Å². The molecule has 1 fully saturated rings. The van der Waals surface area contributed by atoms with Crippen LogP contribution in [0.15, 0.2) is 41.8 Å². The van der Waals surface area contributed by atoms with E-state index in [1.807, 2.05) is 41.8 Å². The van der Waals surface area contributed by atoms with Crippen LogP contribution < -0.4 is 5.32 Å². The molecule has 2 aromatic rings. The van der Waals surface area contributed by atoms with Crippen molar-refractivity contribution >= 4 is 28.8 Å². The molecule has 1 saturated heterocycles. The van der Waals surface area contributed by atoms with Crippen molar-refractivity contribution < 1.29 is 9.59 Å². The molecule has 0 saturated carbocycles. The summed E-state index contributed by atoms with van der Waals surface area (Å²) in [5.41, 5.74) is 2.07. The summed E-state index contributed by atoms with van der Waals surface area (Å²) in [5.74, 6) is 0.358. The van der Waals surface area contributed by atoms with Crippen LogP contribution in [0.2, 0.25) is 0 Å². The molecule has 2 amide bonds. The Kier molecular flexibility index (Phi) is 5.53. The predicted octanol–water partition coefficient (Wildman–Crippen LogP) is 4.36. The first-order valence-corrected chi connectivity index (χ1v) is 9.66. The third kappa shape index (κ3) is 4.28. The Bertz CT molecular complexity index is 723. The van der Waals surface area contributed by atoms with E-state index in [9.17, 15) is 9.59 Å². The summed E-state index contributed by atoms with van der Waals surface area (Å²) in [5, 5.41) is 4.90. The fourth-order valence-corrected chi connectivity index (χ4v) is 3.82. The van der Waals surface area contributed by atoms with Crippen LogP contribution in [0.4, 0.5) is 5.69 Å². The average molecular weight is 356 g/mol. The fourth-order valence-electron chi connectivity index (χ4n) is 3.13. The maximum atomic E-state index is 12.6. The largest absolute Gasteiger partial charge is 0.337 e. The van der Waals surface area contributed by atoms with Crippen molar-refractivity contribution in [1.29, 1.82) is 0 Å². The SMILES string of the molecule is CC(C)c1ccc(NC(=O)C2CCCN(C(=O)c3cccs3)C2)cc1. The Balaban J connectivity index is 1.61. The summed E-state index contributed by atoms with van der Waals surface area (Å²) in [6.07, 6.45) is 1.69. The van der Waals surface area contributed by atoms with Crippen molar-refractivity contribution in [3.63, 3.8) is 0 Å². The first kappa shape index (κ1) is 17.7. The number of rotatable bonds is 4. The van der Waals surface area contributed by atoms with Gasteiger partial charge in [-0.05, 0) is 47.9 Å². The lowest BCUT2D eigenvalue weighted by Gasteiger charge is -2.31. The summed E-state index contributed by atoms with van der Waals surface area (Å²) in [6, 6.07) is 11.7. The molecule has 1 N–H and O–H groups in total. The van der Waals surface area contributed by atoms with E-state index in [0.717, 1.165) is 30.0 Å². The number of benzene rings is 1. The minimum absolute atomic E-state index is 0.000904. The molecule has 25 heavy (non-hydrogen) atoms. The van der Waals surface area contributed by atoms with E-state index < -0.39 is 0 Å². The van der Waals surface area contributed by atoms with Crippen molar-refractivity contribution in [2.45, 2.75) is 32.6 Å². The molecule has 1 aromatic carbocycles. The zero-order valence-electron chi connectivity index (χ0n) is 14.7. The van der Waals surface area contributed by atoms with Gasteiger partial charge in [0.2, 0.25) is 5.91 Å². The van der Waals surface area contributed by atoms with Crippen LogP contribution in [0.5, 0.6) is 0 Å². The molecule has 132 valence electrons. The number of anilines is 1. The molecule has 4 nitrogen and oxygen atoms in total. The second-order valence-corrected chi connectivity index (χ2v) is 7.78. The summed E-state index contributed by atoms with van der Waals surface area (Å²) in [7, 11) is 0. The average Bonchev–Trinajstić information content (AvgIpc) is 3.16. The van der Waals surface area contributed by atoms with Crippen LogP contribution in [0.3, 0.4) is 0 Å². The maximum absolute atomic E-state index is 12.6. The van der Waals surface area contributed by atoms with Gasteiger partial charge < -0.3 is 10.2 Å². The summed E-state index contributed by atoms with van der Waals surface area (Å²) >= 11 is 1.45. The molecule has 3 rings (SSSR count). The van der Waals surface area contributed by atoms with E-state index in [4.69, 9.17) is 0 Å². The van der Waals surface area contributed by atoms with Gasteiger partial charge in [-0.25, -0.2) is 0 Å². The van der Waals surface area contributed by atoms with Gasteiger partial charge in [-0.1, -0.05) is 32.0 Å². The lowest BCUT2D eigenvalue weighted by Crippen LogP contribution is -2.43. The van der Waals surface area contributed by atoms with Gasteiger partial charge in [0.1, 0.15) is 0 Å². The monoisotopic (exact) mass is 356 g/mol. The lowest BCUT2D eigenvalue weighted by atomic mass is 9.96. The van der Waals surface area contributed by atoms with Crippen molar-refractivity contribution in [3.05, 3.63) is 52.2 Å². The highest BCUT2D eigenvalue weighted by Crippen LogP contribution is 2.23. The number of piperidine rings is 1. The molecule has 0 bridgehead atoms. The molecule has 1 atom stereocenters. The van der Waals surface area contributed by atoms with E-state index in [1.165, 1.54) is 16.9 Å². The topological polar surface area (TPSA) is 49.4 Å². The van der Waals surface area contributed by atoms with Gasteiger partial charge in [0.05, 0.1) is 10.8 Å². The molecule has 0 spiro atoms. The van der Waals surface area contributed by atoms with Crippen molar-refractivity contribution in [3.8, 4) is 0 Å². The van der Waals surface area contributed by atoms with Crippen molar-refractivity contribution in [2.75, 3.05) is 18.4 Å². The number of amides is 2. The molecular weight excluding hydrogens is 332 g/mol. The highest BCUT2D eigenvalue weighted by Gasteiger charge is 2.29. The Morgan fingerprint density at radius 1 is 1.20 bits per heavy atom. The second kappa shape index (κ2) is 7.83. The van der Waals surface area contributed by atoms with E-state index in [1.54, 1.807) is 4.90 Å². The summed E-state index contributed by atoms with van der Waals surface area (Å²) < 4.78 is 0. The van der Waals surface area contributed by atoms with Gasteiger partial charge in [0.15, 0.2) is 0 Å². The second-order valence-electron chi connectivity index (χ2n) is 6.83.